The van der Waals surface area contributed by atoms with Crippen molar-refractivity contribution in [3.8, 4) is 11.3 Å². The lowest BCUT2D eigenvalue weighted by atomic mass is 10.0. The van der Waals surface area contributed by atoms with Crippen molar-refractivity contribution in [3.05, 3.63) is 39.8 Å². The molecule has 1 heterocycles. The summed E-state index contributed by atoms with van der Waals surface area (Å²) < 4.78 is 6.41. The number of carbonyl (C=O) groups is 1. The Hall–Kier alpha value is -1.82. The van der Waals surface area contributed by atoms with Crippen molar-refractivity contribution in [1.29, 1.82) is 0 Å². The first-order valence-corrected chi connectivity index (χ1v) is 9.39. The molecule has 3 rings (SSSR count). The van der Waals surface area contributed by atoms with Crippen LogP contribution in [0.4, 0.5) is 4.79 Å². The quantitative estimate of drug-likeness (QED) is 0.745. The maximum Gasteiger partial charge on any atom is 0.408 e. The molecule has 134 valence electrons. The first-order chi connectivity index (χ1) is 11.7. The van der Waals surface area contributed by atoms with Crippen molar-refractivity contribution in [2.45, 2.75) is 58.6 Å². The molecule has 1 aromatic heterocycles. The van der Waals surface area contributed by atoms with E-state index in [1.54, 1.807) is 0 Å². The number of imidazole rings is 1. The summed E-state index contributed by atoms with van der Waals surface area (Å²) in [6.45, 7) is 7.45. The zero-order valence-corrected chi connectivity index (χ0v) is 16.7. The SMILES string of the molecule is C[C@H](NC(=O)OC(C)(C)C)c1nc2c([nH]1)CCCc1cc(Br)ccc1-2. The second-order valence-electron chi connectivity index (χ2n) is 7.47. The van der Waals surface area contributed by atoms with E-state index in [1.807, 2.05) is 33.8 Å². The molecule has 5 nitrogen and oxygen atoms in total. The third-order valence-electron chi connectivity index (χ3n) is 4.14. The number of halogens is 1. The number of benzene rings is 1. The van der Waals surface area contributed by atoms with Gasteiger partial charge >= 0.3 is 6.09 Å². The molecule has 0 saturated carbocycles. The topological polar surface area (TPSA) is 67.0 Å². The predicted octanol–water partition coefficient (Wildman–Crippen LogP) is 4.91. The van der Waals surface area contributed by atoms with Gasteiger partial charge in [0.1, 0.15) is 11.4 Å². The van der Waals surface area contributed by atoms with E-state index in [4.69, 9.17) is 9.72 Å². The van der Waals surface area contributed by atoms with Crippen molar-refractivity contribution < 1.29 is 9.53 Å². The monoisotopic (exact) mass is 405 g/mol. The molecule has 0 spiro atoms. The lowest BCUT2D eigenvalue weighted by Crippen LogP contribution is -2.34. The maximum absolute atomic E-state index is 12.0. The van der Waals surface area contributed by atoms with Crippen molar-refractivity contribution in [3.63, 3.8) is 0 Å². The van der Waals surface area contributed by atoms with Crippen LogP contribution < -0.4 is 5.32 Å². The highest BCUT2D eigenvalue weighted by atomic mass is 79.9. The van der Waals surface area contributed by atoms with E-state index in [9.17, 15) is 4.79 Å². The standard InChI is InChI=1S/C19H24BrN3O2/c1-11(21-18(24)25-19(2,3)4)17-22-15-7-5-6-12-10-13(20)8-9-14(12)16(15)23-17/h8-11H,5-7H2,1-4H3,(H,21,24)(H,22,23)/t11-/m0/s1. The molecule has 0 aliphatic heterocycles. The second-order valence-corrected chi connectivity index (χ2v) is 8.39. The van der Waals surface area contributed by atoms with Gasteiger partial charge in [0.2, 0.25) is 0 Å². The Balaban J connectivity index is 1.84. The Morgan fingerprint density at radius 2 is 2.12 bits per heavy atom. The summed E-state index contributed by atoms with van der Waals surface area (Å²) in [4.78, 5) is 20.2. The van der Waals surface area contributed by atoms with Crippen LogP contribution in [0.5, 0.6) is 0 Å². The van der Waals surface area contributed by atoms with Crippen LogP contribution in [0.2, 0.25) is 0 Å². The summed E-state index contributed by atoms with van der Waals surface area (Å²) in [6.07, 6.45) is 2.63. The lowest BCUT2D eigenvalue weighted by Gasteiger charge is -2.21. The average Bonchev–Trinajstić information content (AvgIpc) is 2.82. The van der Waals surface area contributed by atoms with Crippen LogP contribution in [0, 0.1) is 0 Å². The molecule has 6 heteroatoms. The fraction of sp³-hybridized carbons (Fsp3) is 0.474. The number of hydrogen-bond acceptors (Lipinski definition) is 3. The van der Waals surface area contributed by atoms with E-state index < -0.39 is 11.7 Å². The van der Waals surface area contributed by atoms with Crippen molar-refractivity contribution in [1.82, 2.24) is 15.3 Å². The Bertz CT molecular complexity index is 792. The van der Waals surface area contributed by atoms with Crippen molar-refractivity contribution in [2.75, 3.05) is 0 Å². The van der Waals surface area contributed by atoms with E-state index in [-0.39, 0.29) is 6.04 Å². The second kappa shape index (κ2) is 6.83. The number of aromatic nitrogens is 2. The minimum Gasteiger partial charge on any atom is -0.444 e. The molecule has 0 radical (unpaired) electrons. The number of nitrogens with zero attached hydrogens (tertiary/aromatic N) is 1. The number of hydrogen-bond donors (Lipinski definition) is 2. The van der Waals surface area contributed by atoms with Crippen LogP contribution in [0.15, 0.2) is 22.7 Å². The Labute approximate surface area is 156 Å². The third kappa shape index (κ3) is 4.24. The minimum absolute atomic E-state index is 0.249. The average molecular weight is 406 g/mol. The lowest BCUT2D eigenvalue weighted by molar-refractivity contribution is 0.0506. The number of aryl methyl sites for hydroxylation is 2. The highest BCUT2D eigenvalue weighted by Crippen LogP contribution is 2.33. The van der Waals surface area contributed by atoms with E-state index >= 15 is 0 Å². The molecule has 2 N–H and O–H groups in total. The van der Waals surface area contributed by atoms with Crippen molar-refractivity contribution in [2.24, 2.45) is 0 Å². The number of amides is 1. The normalized spacial score (nSPS) is 14.9. The summed E-state index contributed by atoms with van der Waals surface area (Å²) in [6, 6.07) is 6.08. The Kier molecular flexibility index (Phi) is 4.91. The summed E-state index contributed by atoms with van der Waals surface area (Å²) in [7, 11) is 0. The highest BCUT2D eigenvalue weighted by molar-refractivity contribution is 9.10. The fourth-order valence-corrected chi connectivity index (χ4v) is 3.46. The Morgan fingerprint density at radius 1 is 1.36 bits per heavy atom. The Morgan fingerprint density at radius 3 is 2.84 bits per heavy atom. The number of H-pyrrole nitrogens is 1. The molecular weight excluding hydrogens is 382 g/mol. The number of rotatable bonds is 2. The third-order valence-corrected chi connectivity index (χ3v) is 4.63. The summed E-state index contributed by atoms with van der Waals surface area (Å²) in [5.41, 5.74) is 4.08. The van der Waals surface area contributed by atoms with Gasteiger partial charge in [-0.25, -0.2) is 9.78 Å². The number of nitrogens with one attached hydrogen (secondary N) is 2. The molecule has 0 unspecified atom stereocenters. The number of aromatic amines is 1. The van der Waals surface area contributed by atoms with Gasteiger partial charge in [0.05, 0.1) is 11.7 Å². The van der Waals surface area contributed by atoms with Crippen molar-refractivity contribution >= 4 is 22.0 Å². The zero-order valence-electron chi connectivity index (χ0n) is 15.1. The van der Waals surface area contributed by atoms with E-state index in [1.165, 1.54) is 11.1 Å². The zero-order chi connectivity index (χ0) is 18.2. The number of ether oxygens (including phenoxy) is 1. The molecule has 25 heavy (non-hydrogen) atoms. The number of fused-ring (bicyclic) bond motifs is 3. The predicted molar refractivity (Wildman–Crippen MR) is 102 cm³/mol. The molecule has 0 saturated heterocycles. The van der Waals surface area contributed by atoms with Crippen LogP contribution in [-0.4, -0.2) is 21.7 Å². The van der Waals surface area contributed by atoms with Crippen LogP contribution in [0.3, 0.4) is 0 Å². The van der Waals surface area contributed by atoms with Crippen LogP contribution in [0.1, 0.15) is 57.2 Å². The highest BCUT2D eigenvalue weighted by Gasteiger charge is 2.23. The maximum atomic E-state index is 12.0. The summed E-state index contributed by atoms with van der Waals surface area (Å²) in [5.74, 6) is 0.756. The van der Waals surface area contributed by atoms with Gasteiger partial charge in [-0.3, -0.25) is 0 Å². The molecule has 1 amide bonds. The molecule has 0 bridgehead atoms. The summed E-state index contributed by atoms with van der Waals surface area (Å²) >= 11 is 3.55. The van der Waals surface area contributed by atoms with Gasteiger partial charge in [0.25, 0.3) is 0 Å². The van der Waals surface area contributed by atoms with Gasteiger partial charge in [-0.15, -0.1) is 0 Å². The number of carbonyl (C=O) groups excluding carboxylic acids is 1. The molecular formula is C19H24BrN3O2. The molecule has 2 aromatic rings. The molecule has 1 aliphatic carbocycles. The first-order valence-electron chi connectivity index (χ1n) is 8.60. The molecule has 0 fully saturated rings. The summed E-state index contributed by atoms with van der Waals surface area (Å²) in [5, 5.41) is 2.85. The minimum atomic E-state index is -0.517. The van der Waals surface area contributed by atoms with Crippen LogP contribution >= 0.6 is 15.9 Å². The van der Waals surface area contributed by atoms with Gasteiger partial charge in [0, 0.05) is 15.7 Å². The van der Waals surface area contributed by atoms with E-state index in [2.05, 4.69) is 38.4 Å². The fourth-order valence-electron chi connectivity index (χ4n) is 3.05. The number of alkyl carbamates (subject to hydrolysis) is 1. The van der Waals surface area contributed by atoms with Crippen LogP contribution in [0.25, 0.3) is 11.3 Å². The van der Waals surface area contributed by atoms with E-state index in [0.717, 1.165) is 40.9 Å². The van der Waals surface area contributed by atoms with Gasteiger partial charge < -0.3 is 15.0 Å². The molecule has 1 aromatic carbocycles. The largest absolute Gasteiger partial charge is 0.444 e. The van der Waals surface area contributed by atoms with Gasteiger partial charge in [-0.1, -0.05) is 22.0 Å². The van der Waals surface area contributed by atoms with E-state index in [0.29, 0.717) is 0 Å². The first kappa shape index (κ1) is 18.0. The van der Waals surface area contributed by atoms with Gasteiger partial charge in [-0.2, -0.15) is 0 Å². The molecule has 1 aliphatic rings. The smallest absolute Gasteiger partial charge is 0.408 e. The van der Waals surface area contributed by atoms with Gasteiger partial charge in [0.15, 0.2) is 0 Å². The molecule has 1 atom stereocenters. The van der Waals surface area contributed by atoms with Crippen LogP contribution in [-0.2, 0) is 17.6 Å². The van der Waals surface area contributed by atoms with Gasteiger partial charge in [-0.05, 0) is 64.7 Å².